The highest BCUT2D eigenvalue weighted by atomic mass is 16.2. The molecule has 3 rings (SSSR count). The lowest BCUT2D eigenvalue weighted by Crippen LogP contribution is -2.18. The Morgan fingerprint density at radius 2 is 2.06 bits per heavy atom. The van der Waals surface area contributed by atoms with E-state index in [0.717, 1.165) is 23.2 Å². The lowest BCUT2D eigenvalue weighted by Gasteiger charge is -2.11. The van der Waals surface area contributed by atoms with Crippen molar-refractivity contribution in [3.63, 3.8) is 0 Å². The number of benzene rings is 1. The number of amides is 2. The van der Waals surface area contributed by atoms with Gasteiger partial charge >= 0.3 is 0 Å². The molecule has 2 heterocycles. The molecule has 2 aliphatic heterocycles. The van der Waals surface area contributed by atoms with Gasteiger partial charge in [0.05, 0.1) is 12.5 Å². The highest BCUT2D eigenvalue weighted by Gasteiger charge is 2.24. The molecule has 4 heteroatoms. The monoisotopic (exact) mass is 216 g/mol. The van der Waals surface area contributed by atoms with Gasteiger partial charge in [0.2, 0.25) is 11.8 Å². The van der Waals surface area contributed by atoms with Crippen molar-refractivity contribution in [3.05, 3.63) is 29.3 Å². The van der Waals surface area contributed by atoms with Crippen molar-refractivity contribution in [2.45, 2.75) is 25.3 Å². The zero-order valence-electron chi connectivity index (χ0n) is 8.75. The van der Waals surface area contributed by atoms with Crippen LogP contribution in [0.2, 0.25) is 0 Å². The smallest absolute Gasteiger partial charge is 0.228 e. The number of hydrogen-bond acceptors (Lipinski definition) is 2. The molecule has 16 heavy (non-hydrogen) atoms. The van der Waals surface area contributed by atoms with Gasteiger partial charge in [-0.3, -0.25) is 9.59 Å². The molecule has 0 radical (unpaired) electrons. The van der Waals surface area contributed by atoms with E-state index in [2.05, 4.69) is 10.6 Å². The summed E-state index contributed by atoms with van der Waals surface area (Å²) in [4.78, 5) is 22.3. The van der Waals surface area contributed by atoms with Gasteiger partial charge in [-0.1, -0.05) is 12.1 Å². The summed E-state index contributed by atoms with van der Waals surface area (Å²) in [7, 11) is 0. The van der Waals surface area contributed by atoms with Crippen LogP contribution in [-0.4, -0.2) is 11.8 Å². The second kappa shape index (κ2) is 3.33. The zero-order valence-corrected chi connectivity index (χ0v) is 8.75. The summed E-state index contributed by atoms with van der Waals surface area (Å²) < 4.78 is 0. The Bertz CT molecular complexity index is 482. The van der Waals surface area contributed by atoms with E-state index in [1.807, 2.05) is 18.2 Å². The summed E-state index contributed by atoms with van der Waals surface area (Å²) >= 11 is 0. The van der Waals surface area contributed by atoms with Crippen molar-refractivity contribution in [1.29, 1.82) is 0 Å². The molecule has 4 nitrogen and oxygen atoms in total. The van der Waals surface area contributed by atoms with E-state index in [-0.39, 0.29) is 17.9 Å². The molecule has 0 saturated carbocycles. The molecule has 1 aromatic rings. The Morgan fingerprint density at radius 1 is 1.19 bits per heavy atom. The van der Waals surface area contributed by atoms with E-state index >= 15 is 0 Å². The van der Waals surface area contributed by atoms with E-state index in [1.54, 1.807) is 0 Å². The zero-order chi connectivity index (χ0) is 11.1. The van der Waals surface area contributed by atoms with Gasteiger partial charge in [0.15, 0.2) is 0 Å². The van der Waals surface area contributed by atoms with Crippen molar-refractivity contribution in [2.75, 3.05) is 5.32 Å². The average Bonchev–Trinajstić information content (AvgIpc) is 2.81. The maximum absolute atomic E-state index is 11.2. The van der Waals surface area contributed by atoms with E-state index in [1.165, 1.54) is 0 Å². The third kappa shape index (κ3) is 1.46. The Kier molecular flexibility index (Phi) is 1.96. The minimum absolute atomic E-state index is 0.0441. The Hall–Kier alpha value is -1.84. The van der Waals surface area contributed by atoms with Crippen LogP contribution < -0.4 is 10.6 Å². The minimum Gasteiger partial charge on any atom is -0.349 e. The van der Waals surface area contributed by atoms with Crippen LogP contribution in [0.5, 0.6) is 0 Å². The number of hydrogen-bond donors (Lipinski definition) is 2. The van der Waals surface area contributed by atoms with Crippen molar-refractivity contribution in [2.24, 2.45) is 0 Å². The highest BCUT2D eigenvalue weighted by Crippen LogP contribution is 2.29. The van der Waals surface area contributed by atoms with E-state index in [0.29, 0.717) is 12.8 Å². The molecule has 0 aliphatic carbocycles. The predicted molar refractivity (Wildman–Crippen MR) is 58.9 cm³/mol. The van der Waals surface area contributed by atoms with Gasteiger partial charge < -0.3 is 10.6 Å². The summed E-state index contributed by atoms with van der Waals surface area (Å²) in [5.41, 5.74) is 3.03. The van der Waals surface area contributed by atoms with Crippen LogP contribution in [0.15, 0.2) is 18.2 Å². The second-order valence-corrected chi connectivity index (χ2v) is 4.30. The van der Waals surface area contributed by atoms with Crippen LogP contribution in [0.25, 0.3) is 0 Å². The predicted octanol–water partition coefficient (Wildman–Crippen LogP) is 1.13. The lowest BCUT2D eigenvalue weighted by atomic mass is 10.0. The number of rotatable bonds is 1. The highest BCUT2D eigenvalue weighted by molar-refractivity contribution is 5.99. The van der Waals surface area contributed by atoms with Gasteiger partial charge in [-0.15, -0.1) is 0 Å². The van der Waals surface area contributed by atoms with E-state index < -0.39 is 0 Å². The molecule has 1 unspecified atom stereocenters. The Morgan fingerprint density at radius 3 is 2.81 bits per heavy atom. The second-order valence-electron chi connectivity index (χ2n) is 4.30. The fraction of sp³-hybridized carbons (Fsp3) is 0.333. The standard InChI is InChI=1S/C12H12N2O2/c15-11-4-3-9(13-11)7-1-2-10-8(5-7)6-12(16)14-10/h1-2,5,9H,3-4,6H2,(H,13,15)(H,14,16). The fourth-order valence-corrected chi connectivity index (χ4v) is 2.33. The molecule has 82 valence electrons. The molecular weight excluding hydrogens is 204 g/mol. The van der Waals surface area contributed by atoms with Gasteiger partial charge in [-0.2, -0.15) is 0 Å². The number of carbonyl (C=O) groups is 2. The number of fused-ring (bicyclic) bond motifs is 1. The van der Waals surface area contributed by atoms with Crippen LogP contribution in [0, 0.1) is 0 Å². The van der Waals surface area contributed by atoms with Crippen molar-refractivity contribution < 1.29 is 9.59 Å². The van der Waals surface area contributed by atoms with Crippen molar-refractivity contribution in [1.82, 2.24) is 5.32 Å². The van der Waals surface area contributed by atoms with E-state index in [9.17, 15) is 9.59 Å². The first-order valence-electron chi connectivity index (χ1n) is 5.44. The van der Waals surface area contributed by atoms with Crippen LogP contribution in [-0.2, 0) is 16.0 Å². The third-order valence-electron chi connectivity index (χ3n) is 3.15. The lowest BCUT2D eigenvalue weighted by molar-refractivity contribution is -0.119. The summed E-state index contributed by atoms with van der Waals surface area (Å²) in [6, 6.07) is 6.03. The van der Waals surface area contributed by atoms with Gasteiger partial charge in [-0.05, 0) is 23.6 Å². The first-order chi connectivity index (χ1) is 7.72. The van der Waals surface area contributed by atoms with E-state index in [4.69, 9.17) is 0 Å². The summed E-state index contributed by atoms with van der Waals surface area (Å²) in [6.07, 6.45) is 1.89. The van der Waals surface area contributed by atoms with Crippen molar-refractivity contribution >= 4 is 17.5 Å². The number of carbonyl (C=O) groups excluding carboxylic acids is 2. The van der Waals surface area contributed by atoms with Crippen molar-refractivity contribution in [3.8, 4) is 0 Å². The molecule has 0 aromatic heterocycles. The minimum atomic E-state index is 0.0441. The Balaban J connectivity index is 1.90. The maximum atomic E-state index is 11.2. The molecule has 2 amide bonds. The SMILES string of the molecule is O=C1Cc2cc(C3CCC(=O)N3)ccc2N1. The normalized spacial score (nSPS) is 22.9. The average molecular weight is 216 g/mol. The molecule has 0 spiro atoms. The quantitative estimate of drug-likeness (QED) is 0.739. The van der Waals surface area contributed by atoms with Crippen LogP contribution >= 0.6 is 0 Å². The molecule has 1 saturated heterocycles. The molecule has 2 aliphatic rings. The van der Waals surface area contributed by atoms with Gasteiger partial charge in [-0.25, -0.2) is 0 Å². The summed E-state index contributed by atoms with van der Waals surface area (Å²) in [6.45, 7) is 0. The third-order valence-corrected chi connectivity index (χ3v) is 3.15. The largest absolute Gasteiger partial charge is 0.349 e. The molecule has 0 bridgehead atoms. The first-order valence-corrected chi connectivity index (χ1v) is 5.44. The summed E-state index contributed by atoms with van der Waals surface area (Å²) in [5.74, 6) is 0.155. The molecule has 1 aromatic carbocycles. The molecule has 1 atom stereocenters. The topological polar surface area (TPSA) is 58.2 Å². The van der Waals surface area contributed by atoms with Gasteiger partial charge in [0.25, 0.3) is 0 Å². The fourth-order valence-electron chi connectivity index (χ4n) is 2.33. The number of anilines is 1. The molecule has 2 N–H and O–H groups in total. The Labute approximate surface area is 93.0 Å². The van der Waals surface area contributed by atoms with Gasteiger partial charge in [0.1, 0.15) is 0 Å². The maximum Gasteiger partial charge on any atom is 0.228 e. The number of nitrogens with one attached hydrogen (secondary N) is 2. The molecular formula is C12H12N2O2. The summed E-state index contributed by atoms with van der Waals surface area (Å²) in [5, 5.41) is 5.73. The van der Waals surface area contributed by atoms with Crippen LogP contribution in [0.3, 0.4) is 0 Å². The van der Waals surface area contributed by atoms with Crippen LogP contribution in [0.1, 0.15) is 30.0 Å². The van der Waals surface area contributed by atoms with Crippen LogP contribution in [0.4, 0.5) is 5.69 Å². The molecule has 1 fully saturated rings. The van der Waals surface area contributed by atoms with Gasteiger partial charge in [0, 0.05) is 12.1 Å². The first kappa shape index (κ1) is 9.39.